The molecule has 1 aromatic carbocycles. The molecule has 0 amide bonds. The molecule has 0 spiro atoms. The summed E-state index contributed by atoms with van der Waals surface area (Å²) in [5.74, 6) is 0.693. The summed E-state index contributed by atoms with van der Waals surface area (Å²) in [7, 11) is 0. The number of nitrogens with one attached hydrogen (secondary N) is 1. The molecule has 2 atom stereocenters. The second-order valence-electron chi connectivity index (χ2n) is 5.67. The zero-order valence-electron chi connectivity index (χ0n) is 12.3. The second kappa shape index (κ2) is 7.66. The zero-order valence-corrected chi connectivity index (χ0v) is 12.3. The van der Waals surface area contributed by atoms with Gasteiger partial charge >= 0.3 is 0 Å². The molecule has 1 saturated heterocycles. The lowest BCUT2D eigenvalue weighted by Gasteiger charge is -2.31. The van der Waals surface area contributed by atoms with Crippen LogP contribution in [-0.4, -0.2) is 25.8 Å². The van der Waals surface area contributed by atoms with Crippen LogP contribution in [0.1, 0.15) is 37.3 Å². The Bertz CT molecular complexity index is 371. The van der Waals surface area contributed by atoms with Crippen molar-refractivity contribution in [2.75, 3.05) is 19.8 Å². The quantitative estimate of drug-likeness (QED) is 0.848. The van der Waals surface area contributed by atoms with Crippen LogP contribution in [0, 0.1) is 12.8 Å². The predicted molar refractivity (Wildman–Crippen MR) is 80.5 cm³/mol. The van der Waals surface area contributed by atoms with Gasteiger partial charge in [0, 0.05) is 12.6 Å². The maximum atomic E-state index is 5.64. The van der Waals surface area contributed by atoms with E-state index < -0.39 is 0 Å². The van der Waals surface area contributed by atoms with Gasteiger partial charge in [-0.2, -0.15) is 0 Å². The van der Waals surface area contributed by atoms with E-state index in [0.717, 1.165) is 26.2 Å². The number of hydrogen-bond donors (Lipinski definition) is 1. The summed E-state index contributed by atoms with van der Waals surface area (Å²) in [6.45, 7) is 7.30. The summed E-state index contributed by atoms with van der Waals surface area (Å²) in [6.07, 6.45) is 4.91. The van der Waals surface area contributed by atoms with Crippen molar-refractivity contribution in [3.05, 3.63) is 35.4 Å². The Labute approximate surface area is 117 Å². The Balaban J connectivity index is 1.89. The van der Waals surface area contributed by atoms with Crippen LogP contribution < -0.4 is 5.32 Å². The molecule has 1 fully saturated rings. The summed E-state index contributed by atoms with van der Waals surface area (Å²) in [4.78, 5) is 0. The first kappa shape index (κ1) is 14.5. The van der Waals surface area contributed by atoms with Gasteiger partial charge < -0.3 is 10.1 Å². The largest absolute Gasteiger partial charge is 0.381 e. The van der Waals surface area contributed by atoms with E-state index in [-0.39, 0.29) is 0 Å². The maximum Gasteiger partial charge on any atom is 0.0509 e. The third kappa shape index (κ3) is 4.63. The standard InChI is InChI=1S/C17H27NO/c1-3-18-17(16-8-5-11-19-13-16)10-9-15-7-4-6-14(2)12-15/h4,6-7,12,16-18H,3,5,8-11,13H2,1-2H3. The lowest BCUT2D eigenvalue weighted by atomic mass is 9.89. The molecular weight excluding hydrogens is 234 g/mol. The topological polar surface area (TPSA) is 21.3 Å². The molecule has 1 heterocycles. The Morgan fingerprint density at radius 3 is 3.00 bits per heavy atom. The molecule has 2 heteroatoms. The fourth-order valence-electron chi connectivity index (χ4n) is 3.04. The molecule has 1 aliphatic rings. The van der Waals surface area contributed by atoms with Gasteiger partial charge in [-0.25, -0.2) is 0 Å². The van der Waals surface area contributed by atoms with Crippen molar-refractivity contribution in [2.24, 2.45) is 5.92 Å². The minimum absolute atomic E-state index is 0.603. The first-order valence-electron chi connectivity index (χ1n) is 7.66. The minimum Gasteiger partial charge on any atom is -0.381 e. The fraction of sp³-hybridized carbons (Fsp3) is 0.647. The van der Waals surface area contributed by atoms with Crippen LogP contribution in [0.2, 0.25) is 0 Å². The van der Waals surface area contributed by atoms with Gasteiger partial charge in [0.2, 0.25) is 0 Å². The maximum absolute atomic E-state index is 5.64. The van der Waals surface area contributed by atoms with E-state index in [1.807, 2.05) is 0 Å². The van der Waals surface area contributed by atoms with E-state index >= 15 is 0 Å². The van der Waals surface area contributed by atoms with Crippen LogP contribution in [0.15, 0.2) is 24.3 Å². The van der Waals surface area contributed by atoms with E-state index in [2.05, 4.69) is 43.4 Å². The Morgan fingerprint density at radius 2 is 2.32 bits per heavy atom. The molecule has 19 heavy (non-hydrogen) atoms. The fourth-order valence-corrected chi connectivity index (χ4v) is 3.04. The van der Waals surface area contributed by atoms with Crippen LogP contribution in [-0.2, 0) is 11.2 Å². The van der Waals surface area contributed by atoms with Crippen molar-refractivity contribution < 1.29 is 4.74 Å². The summed E-state index contributed by atoms with van der Waals surface area (Å²) in [5, 5.41) is 3.66. The van der Waals surface area contributed by atoms with Gasteiger partial charge in [0.15, 0.2) is 0 Å². The molecule has 2 unspecified atom stereocenters. The summed E-state index contributed by atoms with van der Waals surface area (Å²) < 4.78 is 5.64. The minimum atomic E-state index is 0.603. The van der Waals surface area contributed by atoms with Crippen molar-refractivity contribution in [1.82, 2.24) is 5.32 Å². The van der Waals surface area contributed by atoms with Crippen molar-refractivity contribution in [2.45, 2.75) is 45.6 Å². The summed E-state index contributed by atoms with van der Waals surface area (Å²) in [6, 6.07) is 9.48. The molecule has 106 valence electrons. The van der Waals surface area contributed by atoms with Crippen LogP contribution >= 0.6 is 0 Å². The highest BCUT2D eigenvalue weighted by molar-refractivity contribution is 5.22. The molecule has 2 nitrogen and oxygen atoms in total. The van der Waals surface area contributed by atoms with Gasteiger partial charge in [0.25, 0.3) is 0 Å². The zero-order chi connectivity index (χ0) is 13.5. The number of benzene rings is 1. The molecular formula is C17H27NO. The smallest absolute Gasteiger partial charge is 0.0509 e. The van der Waals surface area contributed by atoms with E-state index in [1.165, 1.54) is 30.4 Å². The molecule has 0 aromatic heterocycles. The molecule has 1 aliphatic heterocycles. The van der Waals surface area contributed by atoms with Crippen molar-refractivity contribution in [1.29, 1.82) is 0 Å². The predicted octanol–water partition coefficient (Wildman–Crippen LogP) is 3.33. The van der Waals surface area contributed by atoms with E-state index in [1.54, 1.807) is 0 Å². The molecule has 2 rings (SSSR count). The van der Waals surface area contributed by atoms with E-state index in [9.17, 15) is 0 Å². The molecule has 0 aliphatic carbocycles. The molecule has 1 N–H and O–H groups in total. The Morgan fingerprint density at radius 1 is 1.42 bits per heavy atom. The summed E-state index contributed by atoms with van der Waals surface area (Å²) >= 11 is 0. The average molecular weight is 261 g/mol. The van der Waals surface area contributed by atoms with Gasteiger partial charge in [-0.1, -0.05) is 36.8 Å². The number of hydrogen-bond acceptors (Lipinski definition) is 2. The monoisotopic (exact) mass is 261 g/mol. The number of aryl methyl sites for hydroxylation is 2. The normalized spacial score (nSPS) is 21.3. The third-order valence-electron chi connectivity index (χ3n) is 4.06. The first-order chi connectivity index (χ1) is 9.29. The second-order valence-corrected chi connectivity index (χ2v) is 5.67. The average Bonchev–Trinajstić information content (AvgIpc) is 2.44. The Hall–Kier alpha value is -0.860. The molecule has 0 bridgehead atoms. The molecule has 1 aromatic rings. The van der Waals surface area contributed by atoms with Crippen LogP contribution in [0.4, 0.5) is 0 Å². The van der Waals surface area contributed by atoms with Crippen LogP contribution in [0.5, 0.6) is 0 Å². The van der Waals surface area contributed by atoms with Gasteiger partial charge in [0.05, 0.1) is 6.61 Å². The van der Waals surface area contributed by atoms with Crippen LogP contribution in [0.25, 0.3) is 0 Å². The lowest BCUT2D eigenvalue weighted by Crippen LogP contribution is -2.40. The summed E-state index contributed by atoms with van der Waals surface area (Å²) in [5.41, 5.74) is 2.82. The number of rotatable bonds is 6. The molecule has 0 radical (unpaired) electrons. The van der Waals surface area contributed by atoms with Gasteiger partial charge in [-0.05, 0) is 50.6 Å². The highest BCUT2D eigenvalue weighted by Crippen LogP contribution is 2.21. The lowest BCUT2D eigenvalue weighted by molar-refractivity contribution is 0.0382. The highest BCUT2D eigenvalue weighted by Gasteiger charge is 2.23. The Kier molecular flexibility index (Phi) is 5.87. The molecule has 0 saturated carbocycles. The van der Waals surface area contributed by atoms with Crippen molar-refractivity contribution in [3.8, 4) is 0 Å². The van der Waals surface area contributed by atoms with E-state index in [4.69, 9.17) is 4.74 Å². The number of ether oxygens (including phenoxy) is 1. The highest BCUT2D eigenvalue weighted by atomic mass is 16.5. The first-order valence-corrected chi connectivity index (χ1v) is 7.66. The van der Waals surface area contributed by atoms with E-state index in [0.29, 0.717) is 12.0 Å². The van der Waals surface area contributed by atoms with Crippen LogP contribution in [0.3, 0.4) is 0 Å². The third-order valence-corrected chi connectivity index (χ3v) is 4.06. The van der Waals surface area contributed by atoms with Crippen molar-refractivity contribution in [3.63, 3.8) is 0 Å². The van der Waals surface area contributed by atoms with Crippen molar-refractivity contribution >= 4 is 0 Å². The van der Waals surface area contributed by atoms with Gasteiger partial charge in [0.1, 0.15) is 0 Å². The van der Waals surface area contributed by atoms with Gasteiger partial charge in [-0.15, -0.1) is 0 Å². The SMILES string of the molecule is CCNC(CCc1cccc(C)c1)C1CCCOC1. The van der Waals surface area contributed by atoms with Gasteiger partial charge in [-0.3, -0.25) is 0 Å².